The van der Waals surface area contributed by atoms with Crippen molar-refractivity contribution >= 4 is 11.3 Å². The first kappa shape index (κ1) is 11.1. The second-order valence-corrected chi connectivity index (χ2v) is 5.20. The van der Waals surface area contributed by atoms with Crippen molar-refractivity contribution in [3.63, 3.8) is 0 Å². The molecule has 0 aliphatic carbocycles. The Bertz CT molecular complexity index is 307. The molecule has 84 valence electrons. The van der Waals surface area contributed by atoms with E-state index in [0.29, 0.717) is 12.0 Å². The molecule has 1 aromatic rings. The Morgan fingerprint density at radius 2 is 2.27 bits per heavy atom. The summed E-state index contributed by atoms with van der Waals surface area (Å²) in [6.07, 6.45) is 2.20. The molecule has 15 heavy (non-hydrogen) atoms. The van der Waals surface area contributed by atoms with Crippen molar-refractivity contribution in [1.29, 1.82) is 0 Å². The number of rotatable bonds is 3. The molecule has 0 amide bonds. The molecule has 0 radical (unpaired) electrons. The van der Waals surface area contributed by atoms with Crippen LogP contribution in [0.3, 0.4) is 0 Å². The highest BCUT2D eigenvalue weighted by molar-refractivity contribution is 7.10. The average molecular weight is 226 g/mol. The fraction of sp³-hybridized carbons (Fsp3) is 0.636. The molecule has 1 aliphatic rings. The molecule has 2 rings (SSSR count). The van der Waals surface area contributed by atoms with Gasteiger partial charge in [0.05, 0.1) is 0 Å². The molecule has 1 aromatic heterocycles. The molecule has 4 heteroatoms. The lowest BCUT2D eigenvalue weighted by atomic mass is 9.88. The number of hydrogen-bond donors (Lipinski definition) is 2. The summed E-state index contributed by atoms with van der Waals surface area (Å²) in [7, 11) is 0. The maximum absolute atomic E-state index is 5.66. The van der Waals surface area contributed by atoms with Crippen LogP contribution in [0.15, 0.2) is 11.4 Å². The Hall–Kier alpha value is -0.420. The number of thiophene rings is 1. The van der Waals surface area contributed by atoms with E-state index >= 15 is 0 Å². The summed E-state index contributed by atoms with van der Waals surface area (Å²) in [6.45, 7) is 3.86. The molecule has 0 spiro atoms. The first-order valence-corrected chi connectivity index (χ1v) is 6.28. The van der Waals surface area contributed by atoms with E-state index in [2.05, 4.69) is 23.8 Å². The fourth-order valence-corrected chi connectivity index (χ4v) is 2.92. The first-order valence-electron chi connectivity index (χ1n) is 5.40. The summed E-state index contributed by atoms with van der Waals surface area (Å²) < 4.78 is 5.37. The van der Waals surface area contributed by atoms with Crippen molar-refractivity contribution < 1.29 is 4.74 Å². The van der Waals surface area contributed by atoms with Gasteiger partial charge < -0.3 is 4.74 Å². The Kier molecular flexibility index (Phi) is 3.75. The van der Waals surface area contributed by atoms with Crippen LogP contribution in [-0.2, 0) is 4.74 Å². The van der Waals surface area contributed by atoms with Crippen LogP contribution < -0.4 is 11.3 Å². The van der Waals surface area contributed by atoms with Gasteiger partial charge in [-0.3, -0.25) is 11.3 Å². The summed E-state index contributed by atoms with van der Waals surface area (Å²) in [5.74, 6) is 6.27. The lowest BCUT2D eigenvalue weighted by molar-refractivity contribution is 0.0537. The smallest absolute Gasteiger partial charge is 0.0498 e. The number of aryl methyl sites for hydroxylation is 1. The maximum Gasteiger partial charge on any atom is 0.0498 e. The second kappa shape index (κ2) is 5.07. The van der Waals surface area contributed by atoms with Crippen LogP contribution in [0.2, 0.25) is 0 Å². The molecule has 0 saturated carbocycles. The van der Waals surface area contributed by atoms with E-state index in [4.69, 9.17) is 10.6 Å². The van der Waals surface area contributed by atoms with Crippen LogP contribution >= 0.6 is 11.3 Å². The Morgan fingerprint density at radius 3 is 2.80 bits per heavy atom. The first-order chi connectivity index (χ1) is 7.31. The quantitative estimate of drug-likeness (QED) is 0.612. The van der Waals surface area contributed by atoms with Crippen molar-refractivity contribution in [2.45, 2.75) is 25.8 Å². The third-order valence-electron chi connectivity index (χ3n) is 3.03. The largest absolute Gasteiger partial charge is 0.381 e. The summed E-state index contributed by atoms with van der Waals surface area (Å²) in [5.41, 5.74) is 4.28. The van der Waals surface area contributed by atoms with Crippen LogP contribution in [0.4, 0.5) is 0 Å². The number of hydrazine groups is 1. The molecule has 1 unspecified atom stereocenters. The van der Waals surface area contributed by atoms with Gasteiger partial charge in [0.1, 0.15) is 0 Å². The lowest BCUT2D eigenvalue weighted by Gasteiger charge is -2.29. The molecule has 0 aromatic carbocycles. The van der Waals surface area contributed by atoms with Crippen molar-refractivity contribution in [2.75, 3.05) is 13.2 Å². The highest BCUT2D eigenvalue weighted by Gasteiger charge is 2.24. The molecule has 1 fully saturated rings. The van der Waals surface area contributed by atoms with Gasteiger partial charge in [-0.1, -0.05) is 0 Å². The minimum atomic E-state index is 0.291. The minimum Gasteiger partial charge on any atom is -0.381 e. The van der Waals surface area contributed by atoms with Gasteiger partial charge in [0.2, 0.25) is 0 Å². The van der Waals surface area contributed by atoms with E-state index in [1.807, 2.05) is 0 Å². The predicted octanol–water partition coefficient (Wildman–Crippen LogP) is 1.99. The van der Waals surface area contributed by atoms with Crippen LogP contribution in [-0.4, -0.2) is 13.2 Å². The van der Waals surface area contributed by atoms with E-state index in [1.54, 1.807) is 11.3 Å². The van der Waals surface area contributed by atoms with Crippen molar-refractivity contribution in [2.24, 2.45) is 11.8 Å². The molecule has 1 aliphatic heterocycles. The molecule has 1 atom stereocenters. The van der Waals surface area contributed by atoms with E-state index in [-0.39, 0.29) is 0 Å². The highest BCUT2D eigenvalue weighted by Crippen LogP contribution is 2.31. The van der Waals surface area contributed by atoms with Gasteiger partial charge in [-0.2, -0.15) is 0 Å². The van der Waals surface area contributed by atoms with Crippen LogP contribution in [0.5, 0.6) is 0 Å². The van der Waals surface area contributed by atoms with Gasteiger partial charge >= 0.3 is 0 Å². The van der Waals surface area contributed by atoms with Gasteiger partial charge in [0.15, 0.2) is 0 Å². The Labute approximate surface area is 94.6 Å². The van der Waals surface area contributed by atoms with Crippen LogP contribution in [0.1, 0.15) is 29.3 Å². The monoisotopic (exact) mass is 226 g/mol. The lowest BCUT2D eigenvalue weighted by Crippen LogP contribution is -2.35. The normalized spacial score (nSPS) is 20.4. The number of ether oxygens (including phenoxy) is 1. The standard InChI is InChI=1S/C11H18N2OS/c1-8-6-10(7-15-8)11(13-12)9-2-4-14-5-3-9/h6-7,9,11,13H,2-5,12H2,1H3. The second-order valence-electron chi connectivity index (χ2n) is 4.08. The Balaban J connectivity index is 2.08. The van der Waals surface area contributed by atoms with Crippen molar-refractivity contribution in [3.8, 4) is 0 Å². The van der Waals surface area contributed by atoms with E-state index in [1.165, 1.54) is 10.4 Å². The predicted molar refractivity (Wildman–Crippen MR) is 62.7 cm³/mol. The zero-order chi connectivity index (χ0) is 10.7. The molecule has 3 N–H and O–H groups in total. The van der Waals surface area contributed by atoms with Gasteiger partial charge in [0, 0.05) is 24.1 Å². The fourth-order valence-electron chi connectivity index (χ4n) is 2.18. The van der Waals surface area contributed by atoms with E-state index < -0.39 is 0 Å². The minimum absolute atomic E-state index is 0.291. The van der Waals surface area contributed by atoms with E-state index in [9.17, 15) is 0 Å². The molecular formula is C11H18N2OS. The van der Waals surface area contributed by atoms with Crippen molar-refractivity contribution in [3.05, 3.63) is 21.9 Å². The van der Waals surface area contributed by atoms with Crippen molar-refractivity contribution in [1.82, 2.24) is 5.43 Å². The maximum atomic E-state index is 5.66. The third-order valence-corrected chi connectivity index (χ3v) is 3.91. The summed E-state index contributed by atoms with van der Waals surface area (Å²) in [4.78, 5) is 1.34. The zero-order valence-corrected chi connectivity index (χ0v) is 9.85. The average Bonchev–Trinajstić information content (AvgIpc) is 2.68. The third kappa shape index (κ3) is 2.58. The zero-order valence-electron chi connectivity index (χ0n) is 9.03. The summed E-state index contributed by atoms with van der Waals surface area (Å²) in [5, 5.41) is 2.20. The Morgan fingerprint density at radius 1 is 1.53 bits per heavy atom. The van der Waals surface area contributed by atoms with Crippen LogP contribution in [0, 0.1) is 12.8 Å². The van der Waals surface area contributed by atoms with Gasteiger partial charge in [-0.05, 0) is 42.7 Å². The summed E-state index contributed by atoms with van der Waals surface area (Å²) >= 11 is 1.79. The molecule has 3 nitrogen and oxygen atoms in total. The molecular weight excluding hydrogens is 208 g/mol. The van der Waals surface area contributed by atoms with E-state index in [0.717, 1.165) is 26.1 Å². The SMILES string of the molecule is Cc1cc(C(NN)C2CCOCC2)cs1. The molecule has 1 saturated heterocycles. The van der Waals surface area contributed by atoms with Gasteiger partial charge in [-0.25, -0.2) is 0 Å². The van der Waals surface area contributed by atoms with Crippen LogP contribution in [0.25, 0.3) is 0 Å². The number of nitrogens with two attached hydrogens (primary N) is 1. The topological polar surface area (TPSA) is 47.3 Å². The summed E-state index contributed by atoms with van der Waals surface area (Å²) in [6, 6.07) is 2.52. The molecule has 2 heterocycles. The highest BCUT2D eigenvalue weighted by atomic mass is 32.1. The van der Waals surface area contributed by atoms with Gasteiger partial charge in [-0.15, -0.1) is 11.3 Å². The number of hydrogen-bond acceptors (Lipinski definition) is 4. The number of nitrogens with one attached hydrogen (secondary N) is 1. The molecule has 0 bridgehead atoms. The van der Waals surface area contributed by atoms with Gasteiger partial charge in [0.25, 0.3) is 0 Å².